The van der Waals surface area contributed by atoms with E-state index in [1.807, 2.05) is 0 Å². The Bertz CT molecular complexity index is 221. The number of carbonyl (C=O) groups excluding carboxylic acids is 2. The summed E-state index contributed by atoms with van der Waals surface area (Å²) < 4.78 is 9.03. The van der Waals surface area contributed by atoms with E-state index in [-0.39, 0.29) is 44.6 Å². The Morgan fingerprint density at radius 2 is 1.24 bits per heavy atom. The zero-order valence-electron chi connectivity index (χ0n) is 10.3. The summed E-state index contributed by atoms with van der Waals surface area (Å²) in [5.74, 6) is -0.522. The second-order valence-corrected chi connectivity index (χ2v) is 2.55. The first-order valence-corrected chi connectivity index (χ1v) is 4.69. The molecule has 0 aliphatic rings. The van der Waals surface area contributed by atoms with E-state index in [0.717, 1.165) is 0 Å². The van der Waals surface area contributed by atoms with Gasteiger partial charge in [-0.05, 0) is 0 Å². The molecule has 0 amide bonds. The van der Waals surface area contributed by atoms with Crippen molar-refractivity contribution in [1.82, 2.24) is 0 Å². The fraction of sp³-hybridized carbons (Fsp3) is 0.333. The minimum absolute atomic E-state index is 0. The van der Waals surface area contributed by atoms with Gasteiger partial charge >= 0.3 is 11.9 Å². The summed E-state index contributed by atoms with van der Waals surface area (Å²) in [5.41, 5.74) is 0. The van der Waals surface area contributed by atoms with Crippen molar-refractivity contribution in [1.29, 1.82) is 0 Å². The van der Waals surface area contributed by atoms with Gasteiger partial charge in [0.25, 0.3) is 0 Å². The van der Waals surface area contributed by atoms with Gasteiger partial charge in [0.15, 0.2) is 0 Å². The third-order valence-electron chi connectivity index (χ3n) is 1.10. The molecule has 5 heteroatoms. The van der Waals surface area contributed by atoms with Crippen molar-refractivity contribution in [2.24, 2.45) is 0 Å². The largest absolute Gasteiger partial charge is 0.480 e. The molecule has 0 rings (SSSR count). The molecule has 0 N–H and O–H groups in total. The van der Waals surface area contributed by atoms with Crippen LogP contribution in [0.4, 0.5) is 0 Å². The second kappa shape index (κ2) is 17.7. The number of allylic oxidation sites excluding steroid dienone is 2. The summed E-state index contributed by atoms with van der Waals surface area (Å²) in [6.07, 6.45) is 6.51. The smallest absolute Gasteiger partial charge is 0.301 e. The van der Waals surface area contributed by atoms with Gasteiger partial charge < -0.3 is 9.47 Å². The van der Waals surface area contributed by atoms with E-state index in [0.29, 0.717) is 13.2 Å². The zero-order chi connectivity index (χ0) is 12.8. The molecule has 0 unspecified atom stereocenters. The van der Waals surface area contributed by atoms with Crippen LogP contribution in [0.25, 0.3) is 0 Å². The van der Waals surface area contributed by atoms with Crippen LogP contribution in [0.5, 0.6) is 0 Å². The maximum atomic E-state index is 10.0. The topological polar surface area (TPSA) is 52.6 Å². The van der Waals surface area contributed by atoms with E-state index >= 15 is 0 Å². The van der Waals surface area contributed by atoms with Crippen molar-refractivity contribution in [3.63, 3.8) is 0 Å². The predicted octanol–water partition coefficient (Wildman–Crippen LogP) is 1.88. The van der Waals surface area contributed by atoms with Gasteiger partial charge in [-0.25, -0.2) is 26.0 Å². The van der Waals surface area contributed by atoms with Crippen molar-refractivity contribution in [3.05, 3.63) is 38.2 Å². The SMILES string of the molecule is [CH2-]/C=C/COC(C)=O.[CH2-]/C=C/COC(C)=O.[Y]. The van der Waals surface area contributed by atoms with Crippen LogP contribution in [-0.2, 0) is 51.8 Å². The van der Waals surface area contributed by atoms with E-state index in [9.17, 15) is 9.59 Å². The van der Waals surface area contributed by atoms with Gasteiger partial charge in [0, 0.05) is 59.8 Å². The molecular weight excluding hydrogens is 297 g/mol. The van der Waals surface area contributed by atoms with Crippen LogP contribution in [0.2, 0.25) is 0 Å². The van der Waals surface area contributed by atoms with Gasteiger partial charge in [-0.15, -0.1) is 0 Å². The van der Waals surface area contributed by atoms with Gasteiger partial charge in [-0.2, -0.15) is 12.2 Å². The molecule has 17 heavy (non-hydrogen) atoms. The number of hydrogen-bond donors (Lipinski definition) is 0. The average molecular weight is 315 g/mol. The summed E-state index contributed by atoms with van der Waals surface area (Å²) in [6, 6.07) is 0. The van der Waals surface area contributed by atoms with E-state index in [1.54, 1.807) is 24.3 Å². The van der Waals surface area contributed by atoms with E-state index in [2.05, 4.69) is 23.3 Å². The van der Waals surface area contributed by atoms with Gasteiger partial charge in [-0.3, -0.25) is 9.59 Å². The molecule has 95 valence electrons. The number of hydrogen-bond acceptors (Lipinski definition) is 4. The molecule has 0 atom stereocenters. The van der Waals surface area contributed by atoms with Crippen LogP contribution < -0.4 is 0 Å². The van der Waals surface area contributed by atoms with Gasteiger partial charge in [-0.1, -0.05) is 0 Å². The third-order valence-corrected chi connectivity index (χ3v) is 1.10. The first-order valence-electron chi connectivity index (χ1n) is 4.69. The molecule has 0 saturated carbocycles. The summed E-state index contributed by atoms with van der Waals surface area (Å²) in [7, 11) is 0. The standard InChI is InChI=1S/2C6H9O2.Y/c2*1-3-4-5-8-6(2)7;/h2*3-4H,1,5H2,2H3;/q2*-1;/b2*4-3+;. The Labute approximate surface area is 128 Å². The first-order chi connectivity index (χ1) is 7.54. The maximum Gasteiger partial charge on any atom is 0.301 e. The molecule has 0 aromatic rings. The van der Waals surface area contributed by atoms with E-state index < -0.39 is 0 Å². The molecule has 0 saturated heterocycles. The third kappa shape index (κ3) is 31.3. The Morgan fingerprint density at radius 1 is 0.941 bits per heavy atom. The number of carbonyl (C=O) groups is 2. The fourth-order valence-corrected chi connectivity index (χ4v) is 0.467. The number of rotatable bonds is 4. The summed E-state index contributed by atoms with van der Waals surface area (Å²) in [5, 5.41) is 0. The average Bonchev–Trinajstić information content (AvgIpc) is 2.18. The zero-order valence-corrected chi connectivity index (χ0v) is 13.2. The molecule has 0 spiro atoms. The molecule has 4 nitrogen and oxygen atoms in total. The second-order valence-electron chi connectivity index (χ2n) is 2.55. The van der Waals surface area contributed by atoms with Crippen molar-refractivity contribution in [2.75, 3.05) is 13.2 Å². The molecule has 0 aliphatic carbocycles. The van der Waals surface area contributed by atoms with E-state index in [4.69, 9.17) is 0 Å². The normalized spacial score (nSPS) is 9.06. The quantitative estimate of drug-likeness (QED) is 0.587. The Balaban J connectivity index is -0.000000218. The van der Waals surface area contributed by atoms with Gasteiger partial charge in [0.1, 0.15) is 0 Å². The van der Waals surface area contributed by atoms with Crippen LogP contribution in [0.3, 0.4) is 0 Å². The van der Waals surface area contributed by atoms with Crippen molar-refractivity contribution in [2.45, 2.75) is 13.8 Å². The van der Waals surface area contributed by atoms with Crippen molar-refractivity contribution >= 4 is 11.9 Å². The molecule has 0 fully saturated rings. The van der Waals surface area contributed by atoms with Gasteiger partial charge in [0.05, 0.1) is 0 Å². The molecular formula is C12H18O4Y-2. The fourth-order valence-electron chi connectivity index (χ4n) is 0.467. The van der Waals surface area contributed by atoms with Crippen LogP contribution in [0, 0.1) is 13.8 Å². The van der Waals surface area contributed by atoms with Crippen LogP contribution in [0.15, 0.2) is 24.3 Å². The Kier molecular flexibility index (Phi) is 22.4. The Hall–Kier alpha value is -0.736. The minimum atomic E-state index is -0.261. The summed E-state index contributed by atoms with van der Waals surface area (Å²) in [6.45, 7) is 10.2. The minimum Gasteiger partial charge on any atom is -0.480 e. The van der Waals surface area contributed by atoms with Crippen molar-refractivity contribution < 1.29 is 51.8 Å². The molecule has 0 aromatic heterocycles. The molecule has 0 aromatic carbocycles. The number of esters is 2. The van der Waals surface area contributed by atoms with Crippen LogP contribution >= 0.6 is 0 Å². The molecule has 0 aliphatic heterocycles. The van der Waals surface area contributed by atoms with E-state index in [1.165, 1.54) is 13.8 Å². The Morgan fingerprint density at radius 3 is 1.41 bits per heavy atom. The van der Waals surface area contributed by atoms with Crippen LogP contribution in [-0.4, -0.2) is 25.2 Å². The first kappa shape index (κ1) is 21.5. The maximum absolute atomic E-state index is 10.0. The number of ether oxygens (including phenoxy) is 2. The monoisotopic (exact) mass is 315 g/mol. The van der Waals surface area contributed by atoms with Crippen molar-refractivity contribution in [3.8, 4) is 0 Å². The molecule has 0 bridgehead atoms. The van der Waals surface area contributed by atoms with Gasteiger partial charge in [0.2, 0.25) is 0 Å². The predicted molar refractivity (Wildman–Crippen MR) is 62.3 cm³/mol. The molecule has 0 heterocycles. The summed E-state index contributed by atoms with van der Waals surface area (Å²) in [4.78, 5) is 20.1. The molecule has 1 radical (unpaired) electrons. The van der Waals surface area contributed by atoms with Crippen LogP contribution in [0.1, 0.15) is 13.8 Å². The summed E-state index contributed by atoms with van der Waals surface area (Å²) >= 11 is 0.